The third-order valence-electron chi connectivity index (χ3n) is 3.81. The minimum absolute atomic E-state index is 0.148. The van der Waals surface area contributed by atoms with E-state index in [2.05, 4.69) is 10.8 Å². The number of fused-ring (bicyclic) bond motifs is 2. The minimum atomic E-state index is -4.56. The highest BCUT2D eigenvalue weighted by molar-refractivity contribution is 7.86. The Labute approximate surface area is 131 Å². The van der Waals surface area contributed by atoms with Gasteiger partial charge >= 0.3 is 12.1 Å². The van der Waals surface area contributed by atoms with Gasteiger partial charge in [0.25, 0.3) is 10.1 Å². The van der Waals surface area contributed by atoms with Gasteiger partial charge in [0, 0.05) is 11.5 Å². The van der Waals surface area contributed by atoms with Crippen LogP contribution < -0.4 is 0 Å². The highest BCUT2D eigenvalue weighted by atomic mass is 32.2. The van der Waals surface area contributed by atoms with Gasteiger partial charge < -0.3 is 9.47 Å². The fourth-order valence-corrected chi connectivity index (χ4v) is 4.35. The smallest absolute Gasteiger partial charge is 0.394 e. The Balaban J connectivity index is 1.97. The van der Waals surface area contributed by atoms with Crippen LogP contribution in [0.2, 0.25) is 0 Å². The van der Waals surface area contributed by atoms with Crippen molar-refractivity contribution in [2.75, 3.05) is 19.0 Å². The number of halogens is 3. The average Bonchev–Trinajstić information content (AvgIpc) is 2.62. The van der Waals surface area contributed by atoms with Crippen LogP contribution in [0.25, 0.3) is 0 Å². The zero-order chi connectivity index (χ0) is 17.4. The van der Waals surface area contributed by atoms with Gasteiger partial charge in [0.15, 0.2) is 0 Å². The second kappa shape index (κ2) is 6.40. The fraction of sp³-hybridized carbons (Fsp3) is 0.769. The lowest BCUT2D eigenvalue weighted by atomic mass is 10.1. The monoisotopic (exact) mass is 358 g/mol. The van der Waals surface area contributed by atoms with Gasteiger partial charge in [0.1, 0.15) is 12.7 Å². The van der Waals surface area contributed by atoms with E-state index in [9.17, 15) is 26.4 Å². The van der Waals surface area contributed by atoms with Crippen molar-refractivity contribution in [3.05, 3.63) is 12.2 Å². The first-order valence-electron chi connectivity index (χ1n) is 6.93. The number of esters is 1. The van der Waals surface area contributed by atoms with Crippen LogP contribution in [-0.2, 0) is 28.6 Å². The van der Waals surface area contributed by atoms with E-state index in [1.807, 2.05) is 0 Å². The standard InChI is InChI=1S/C13H17F3O6S/c1-7(2)12(17)21-4-3-20-10-8-5-9(13(14,15)16)11(10)22-23(18,19)6-8/h8-11H,1,3-6H2,2H3. The van der Waals surface area contributed by atoms with E-state index in [0.29, 0.717) is 0 Å². The van der Waals surface area contributed by atoms with E-state index in [1.165, 1.54) is 6.92 Å². The van der Waals surface area contributed by atoms with Crippen molar-refractivity contribution in [2.24, 2.45) is 11.8 Å². The summed E-state index contributed by atoms with van der Waals surface area (Å²) in [6.07, 6.45) is -7.50. The quantitative estimate of drug-likeness (QED) is 0.320. The fourth-order valence-electron chi connectivity index (χ4n) is 2.84. The number of hydrogen-bond acceptors (Lipinski definition) is 6. The summed E-state index contributed by atoms with van der Waals surface area (Å²) < 4.78 is 76.7. The summed E-state index contributed by atoms with van der Waals surface area (Å²) in [6, 6.07) is 0. The Morgan fingerprint density at radius 1 is 1.35 bits per heavy atom. The van der Waals surface area contributed by atoms with Gasteiger partial charge in [-0.05, 0) is 13.3 Å². The lowest BCUT2D eigenvalue weighted by Crippen LogP contribution is -2.45. The first kappa shape index (κ1) is 18.2. The lowest BCUT2D eigenvalue weighted by molar-refractivity contribution is -0.196. The Morgan fingerprint density at radius 3 is 2.57 bits per heavy atom. The Morgan fingerprint density at radius 2 is 2.00 bits per heavy atom. The Bertz CT molecular complexity index is 585. The van der Waals surface area contributed by atoms with Gasteiger partial charge in [-0.1, -0.05) is 6.58 Å². The summed E-state index contributed by atoms with van der Waals surface area (Å²) in [7, 11) is -3.98. The van der Waals surface area contributed by atoms with Crippen LogP contribution in [-0.4, -0.2) is 51.7 Å². The third-order valence-corrected chi connectivity index (χ3v) is 5.17. The van der Waals surface area contributed by atoms with E-state index in [4.69, 9.17) is 9.47 Å². The molecule has 1 aliphatic carbocycles. The van der Waals surface area contributed by atoms with E-state index in [1.54, 1.807) is 0 Å². The zero-order valence-electron chi connectivity index (χ0n) is 12.3. The Kier molecular flexibility index (Phi) is 5.07. The van der Waals surface area contributed by atoms with Gasteiger partial charge in [0.2, 0.25) is 0 Å². The normalized spacial score (nSPS) is 32.5. The number of carbonyl (C=O) groups excluding carboxylic acids is 1. The van der Waals surface area contributed by atoms with Crippen LogP contribution in [0.3, 0.4) is 0 Å². The molecule has 1 saturated heterocycles. The minimum Gasteiger partial charge on any atom is -0.460 e. The number of carbonyl (C=O) groups is 1. The number of alkyl halides is 3. The molecule has 1 aliphatic heterocycles. The second-order valence-corrected chi connectivity index (χ2v) is 7.32. The molecule has 0 aromatic heterocycles. The van der Waals surface area contributed by atoms with Gasteiger partial charge in [0.05, 0.1) is 24.4 Å². The molecule has 0 amide bonds. The van der Waals surface area contributed by atoms with Crippen LogP contribution >= 0.6 is 0 Å². The van der Waals surface area contributed by atoms with Crippen molar-refractivity contribution in [1.29, 1.82) is 0 Å². The Hall–Kier alpha value is -1.13. The topological polar surface area (TPSA) is 78.9 Å². The summed E-state index contributed by atoms with van der Waals surface area (Å²) in [5.74, 6) is -3.81. The second-order valence-electron chi connectivity index (χ2n) is 5.68. The molecule has 2 bridgehead atoms. The molecule has 0 spiro atoms. The molecular formula is C13H17F3O6S. The van der Waals surface area contributed by atoms with Gasteiger partial charge in [-0.25, -0.2) is 4.79 Å². The van der Waals surface area contributed by atoms with Crippen molar-refractivity contribution < 1.29 is 40.0 Å². The summed E-state index contributed by atoms with van der Waals surface area (Å²) in [6.45, 7) is 4.53. The molecule has 4 atom stereocenters. The molecule has 4 unspecified atom stereocenters. The van der Waals surface area contributed by atoms with Gasteiger partial charge in [-0.15, -0.1) is 0 Å². The van der Waals surface area contributed by atoms with Crippen molar-refractivity contribution in [3.63, 3.8) is 0 Å². The highest BCUT2D eigenvalue weighted by Gasteiger charge is 2.60. The van der Waals surface area contributed by atoms with E-state index >= 15 is 0 Å². The zero-order valence-corrected chi connectivity index (χ0v) is 13.2. The molecule has 2 aliphatic rings. The predicted octanol–water partition coefficient (Wildman–Crippen LogP) is 1.42. The molecular weight excluding hydrogens is 341 g/mol. The molecule has 1 heterocycles. The molecule has 10 heteroatoms. The molecule has 0 radical (unpaired) electrons. The molecule has 1 saturated carbocycles. The molecule has 132 valence electrons. The van der Waals surface area contributed by atoms with Crippen LogP contribution in [0.1, 0.15) is 13.3 Å². The number of hydrogen-bond donors (Lipinski definition) is 0. The summed E-state index contributed by atoms with van der Waals surface area (Å²) in [4.78, 5) is 11.2. The number of ether oxygens (including phenoxy) is 2. The molecule has 23 heavy (non-hydrogen) atoms. The largest absolute Gasteiger partial charge is 0.460 e. The predicted molar refractivity (Wildman–Crippen MR) is 71.8 cm³/mol. The summed E-state index contributed by atoms with van der Waals surface area (Å²) >= 11 is 0. The van der Waals surface area contributed by atoms with E-state index < -0.39 is 52.1 Å². The van der Waals surface area contributed by atoms with Crippen molar-refractivity contribution in [1.82, 2.24) is 0 Å². The third kappa shape index (κ3) is 4.24. The van der Waals surface area contributed by atoms with Gasteiger partial charge in [-0.3, -0.25) is 4.18 Å². The van der Waals surface area contributed by atoms with E-state index in [0.717, 1.165) is 0 Å². The van der Waals surface area contributed by atoms with Crippen LogP contribution in [0.15, 0.2) is 12.2 Å². The van der Waals surface area contributed by atoms with Crippen molar-refractivity contribution >= 4 is 16.1 Å². The molecule has 6 nitrogen and oxygen atoms in total. The van der Waals surface area contributed by atoms with Crippen LogP contribution in [0.4, 0.5) is 13.2 Å². The number of rotatable bonds is 5. The molecule has 2 fully saturated rings. The SMILES string of the molecule is C=C(C)C(=O)OCCOC1C2CC(C(F)(F)F)C1OS(=O)(=O)C2. The average molecular weight is 358 g/mol. The molecule has 0 N–H and O–H groups in total. The maximum Gasteiger partial charge on any atom is 0.394 e. The summed E-state index contributed by atoms with van der Waals surface area (Å²) in [5.41, 5.74) is 0.189. The maximum absolute atomic E-state index is 13.0. The molecule has 2 rings (SSSR count). The highest BCUT2D eigenvalue weighted by Crippen LogP contribution is 2.48. The first-order chi connectivity index (χ1) is 10.5. The van der Waals surface area contributed by atoms with Crippen molar-refractivity contribution in [2.45, 2.75) is 31.7 Å². The summed E-state index contributed by atoms with van der Waals surface area (Å²) in [5, 5.41) is 0. The van der Waals surface area contributed by atoms with Crippen molar-refractivity contribution in [3.8, 4) is 0 Å². The van der Waals surface area contributed by atoms with Gasteiger partial charge in [-0.2, -0.15) is 21.6 Å². The van der Waals surface area contributed by atoms with Crippen LogP contribution in [0.5, 0.6) is 0 Å². The maximum atomic E-state index is 13.0. The van der Waals surface area contributed by atoms with E-state index in [-0.39, 0.29) is 25.2 Å². The molecule has 0 aromatic rings. The van der Waals surface area contributed by atoms with Crippen LogP contribution in [0, 0.1) is 11.8 Å². The lowest BCUT2D eigenvalue weighted by Gasteiger charge is -2.31. The first-order valence-corrected chi connectivity index (χ1v) is 8.51. The molecule has 0 aromatic carbocycles.